The van der Waals surface area contributed by atoms with Gasteiger partial charge in [0.05, 0.1) is 13.7 Å². The van der Waals surface area contributed by atoms with E-state index < -0.39 is 55.0 Å². The third-order valence-electron chi connectivity index (χ3n) is 5.66. The van der Waals surface area contributed by atoms with Crippen LogP contribution in [0.2, 0.25) is 0 Å². The van der Waals surface area contributed by atoms with Crippen LogP contribution in [-0.2, 0) is 23.7 Å². The molecule has 0 radical (unpaired) electrons. The fourth-order valence-electron chi connectivity index (χ4n) is 4.00. The molecule has 2 aliphatic rings. The fourth-order valence-corrected chi connectivity index (χ4v) is 4.00. The van der Waals surface area contributed by atoms with E-state index >= 15 is 0 Å². The Balaban J connectivity index is 1.55. The number of esters is 1. The average Bonchev–Trinajstić information content (AvgIpc) is 3.47. The highest BCUT2D eigenvalue weighted by Gasteiger charge is 2.50. The summed E-state index contributed by atoms with van der Waals surface area (Å²) in [5, 5.41) is 12.4. The van der Waals surface area contributed by atoms with Crippen LogP contribution < -0.4 is 15.7 Å². The molecule has 0 bridgehead atoms. The Morgan fingerprint density at radius 3 is 2.60 bits per heavy atom. The first-order valence-electron chi connectivity index (χ1n) is 11.1. The van der Waals surface area contributed by atoms with Crippen LogP contribution in [0.4, 0.5) is 5.82 Å². The average molecular weight is 489 g/mol. The van der Waals surface area contributed by atoms with Gasteiger partial charge in [-0.3, -0.25) is 14.2 Å². The summed E-state index contributed by atoms with van der Waals surface area (Å²) in [6.45, 7) is 1.30. The second kappa shape index (κ2) is 11.0. The molecule has 5 atom stereocenters. The maximum absolute atomic E-state index is 12.9. The van der Waals surface area contributed by atoms with Gasteiger partial charge in [-0.25, -0.2) is 4.79 Å². The summed E-state index contributed by atoms with van der Waals surface area (Å²) < 4.78 is 29.0. The van der Waals surface area contributed by atoms with Crippen LogP contribution in [0.25, 0.3) is 0 Å². The number of aromatic nitrogens is 2. The van der Waals surface area contributed by atoms with E-state index in [-0.39, 0.29) is 5.82 Å². The van der Waals surface area contributed by atoms with Crippen molar-refractivity contribution < 1.29 is 38.4 Å². The van der Waals surface area contributed by atoms with E-state index in [1.54, 1.807) is 24.3 Å². The van der Waals surface area contributed by atoms with Crippen molar-refractivity contribution in [2.24, 2.45) is 0 Å². The van der Waals surface area contributed by atoms with Crippen molar-refractivity contribution in [2.75, 3.05) is 25.6 Å². The smallest absolute Gasteiger partial charge is 0.351 e. The van der Waals surface area contributed by atoms with Gasteiger partial charge in [0.1, 0.15) is 23.8 Å². The van der Waals surface area contributed by atoms with Crippen LogP contribution in [-0.4, -0.2) is 71.5 Å². The predicted octanol–water partition coefficient (Wildman–Crippen LogP) is 0.847. The first-order valence-corrected chi connectivity index (χ1v) is 11.1. The summed E-state index contributed by atoms with van der Waals surface area (Å²) in [6.07, 6.45) is -1.61. The molecule has 2 aliphatic heterocycles. The quantitative estimate of drug-likeness (QED) is 0.511. The second-order valence-electron chi connectivity index (χ2n) is 8.05. The van der Waals surface area contributed by atoms with E-state index in [0.29, 0.717) is 24.3 Å². The molecule has 1 unspecified atom stereocenters. The number of ether oxygens (including phenoxy) is 5. The number of rotatable bonds is 8. The lowest BCUT2D eigenvalue weighted by Crippen LogP contribution is -2.42. The third-order valence-corrected chi connectivity index (χ3v) is 5.66. The fraction of sp³-hybridized carbons (Fsp3) is 0.478. The third kappa shape index (κ3) is 5.68. The zero-order valence-corrected chi connectivity index (χ0v) is 19.3. The van der Waals surface area contributed by atoms with Gasteiger partial charge >= 0.3 is 11.7 Å². The molecule has 35 heavy (non-hydrogen) atoms. The number of nitrogens with one attached hydrogen (secondary N) is 1. The Bertz CT molecular complexity index is 1100. The minimum absolute atomic E-state index is 0.0388. The maximum Gasteiger partial charge on any atom is 0.351 e. The van der Waals surface area contributed by atoms with Gasteiger partial charge in [0.25, 0.3) is 5.91 Å². The van der Waals surface area contributed by atoms with Crippen LogP contribution in [0, 0.1) is 0 Å². The molecule has 12 nitrogen and oxygen atoms in total. The van der Waals surface area contributed by atoms with E-state index in [2.05, 4.69) is 10.3 Å². The number of methoxy groups -OCH3 is 1. The van der Waals surface area contributed by atoms with Crippen LogP contribution in [0.3, 0.4) is 0 Å². The number of carbonyl (C=O) groups excluding carboxylic acids is 2. The Kier molecular flexibility index (Phi) is 7.76. The second-order valence-corrected chi connectivity index (χ2v) is 8.05. The van der Waals surface area contributed by atoms with Gasteiger partial charge in [-0.2, -0.15) is 4.98 Å². The highest BCUT2D eigenvalue weighted by Crippen LogP contribution is 2.35. The topological polar surface area (TPSA) is 147 Å². The number of nitrogens with zero attached hydrogens (tertiary/aromatic N) is 2. The van der Waals surface area contributed by atoms with Crippen molar-refractivity contribution in [3.63, 3.8) is 0 Å². The first kappa shape index (κ1) is 24.8. The van der Waals surface area contributed by atoms with E-state index in [1.807, 2.05) is 0 Å². The molecule has 0 aliphatic carbocycles. The molecule has 2 fully saturated rings. The van der Waals surface area contributed by atoms with Crippen molar-refractivity contribution in [2.45, 2.75) is 50.6 Å². The molecule has 1 amide bonds. The normalized spacial score (nSPS) is 25.9. The minimum atomic E-state index is -1.05. The van der Waals surface area contributed by atoms with Crippen molar-refractivity contribution in [3.8, 4) is 5.75 Å². The summed E-state index contributed by atoms with van der Waals surface area (Å²) in [6, 6.07) is 7.88. The van der Waals surface area contributed by atoms with Gasteiger partial charge in [-0.15, -0.1) is 0 Å². The standard InChI is InChI=1S/C23H27N3O9/c1-13(28)33-19-16(12-27)34-22(20(19)35-18-4-3-11-32-18)26-10-9-17(25-23(26)30)24-21(29)14-5-7-15(31-2)8-6-14/h5-10,16,18-20,22,27H,3-4,11-12H2,1-2H3,(H,24,25,29,30)/t16-,18?,19-,20-,22-/m1/s1. The number of benzene rings is 1. The first-order chi connectivity index (χ1) is 16.9. The van der Waals surface area contributed by atoms with Crippen molar-refractivity contribution >= 4 is 17.7 Å². The molecule has 2 N–H and O–H groups in total. The molecule has 3 heterocycles. The monoisotopic (exact) mass is 489 g/mol. The minimum Gasteiger partial charge on any atom is -0.497 e. The molecule has 4 rings (SSSR count). The molecular formula is C23H27N3O9. The Morgan fingerprint density at radius 2 is 2.00 bits per heavy atom. The van der Waals surface area contributed by atoms with Gasteiger partial charge in [0.2, 0.25) is 0 Å². The van der Waals surface area contributed by atoms with Gasteiger partial charge in [0.15, 0.2) is 18.6 Å². The zero-order valence-electron chi connectivity index (χ0n) is 19.3. The van der Waals surface area contributed by atoms with E-state index in [1.165, 1.54) is 26.3 Å². The summed E-state index contributed by atoms with van der Waals surface area (Å²) in [5.41, 5.74) is -0.375. The molecule has 2 aromatic rings. The molecule has 188 valence electrons. The Labute approximate surface area is 200 Å². The number of aliphatic hydroxyl groups excluding tert-OH is 1. The van der Waals surface area contributed by atoms with Crippen LogP contribution in [0.5, 0.6) is 5.75 Å². The van der Waals surface area contributed by atoms with Crippen LogP contribution >= 0.6 is 0 Å². The number of carbonyl (C=O) groups is 2. The number of hydrogen-bond donors (Lipinski definition) is 2. The lowest BCUT2D eigenvalue weighted by atomic mass is 10.1. The van der Waals surface area contributed by atoms with E-state index in [4.69, 9.17) is 23.7 Å². The maximum atomic E-state index is 12.9. The Hall–Kier alpha value is -3.32. The number of aliphatic hydroxyl groups is 1. The van der Waals surface area contributed by atoms with Crippen molar-refractivity contribution in [1.82, 2.24) is 9.55 Å². The molecule has 0 spiro atoms. The van der Waals surface area contributed by atoms with Gasteiger partial charge in [-0.1, -0.05) is 0 Å². The highest BCUT2D eigenvalue weighted by atomic mass is 16.7. The van der Waals surface area contributed by atoms with Crippen molar-refractivity contribution in [3.05, 3.63) is 52.6 Å². The summed E-state index contributed by atoms with van der Waals surface area (Å²) in [5.74, 6) is -0.395. The zero-order chi connectivity index (χ0) is 24.9. The lowest BCUT2D eigenvalue weighted by Gasteiger charge is -2.26. The summed E-state index contributed by atoms with van der Waals surface area (Å²) in [7, 11) is 1.52. The molecule has 1 aromatic carbocycles. The predicted molar refractivity (Wildman–Crippen MR) is 120 cm³/mol. The van der Waals surface area contributed by atoms with Gasteiger partial charge in [0, 0.05) is 31.7 Å². The van der Waals surface area contributed by atoms with Crippen LogP contribution in [0.15, 0.2) is 41.3 Å². The molecule has 1 aromatic heterocycles. The largest absolute Gasteiger partial charge is 0.497 e. The highest BCUT2D eigenvalue weighted by molar-refractivity contribution is 6.03. The van der Waals surface area contributed by atoms with Crippen molar-refractivity contribution in [1.29, 1.82) is 0 Å². The van der Waals surface area contributed by atoms with Crippen LogP contribution in [0.1, 0.15) is 36.4 Å². The molecule has 2 saturated heterocycles. The lowest BCUT2D eigenvalue weighted by molar-refractivity contribution is -0.191. The Morgan fingerprint density at radius 1 is 1.23 bits per heavy atom. The van der Waals surface area contributed by atoms with Gasteiger partial charge < -0.3 is 34.1 Å². The van der Waals surface area contributed by atoms with E-state index in [9.17, 15) is 19.5 Å². The molecular weight excluding hydrogens is 462 g/mol. The van der Waals surface area contributed by atoms with Gasteiger partial charge in [-0.05, 0) is 36.8 Å². The summed E-state index contributed by atoms with van der Waals surface area (Å²) >= 11 is 0. The molecule has 0 saturated carbocycles. The molecule has 12 heteroatoms. The summed E-state index contributed by atoms with van der Waals surface area (Å²) in [4.78, 5) is 41.0. The SMILES string of the molecule is COc1ccc(C(=O)Nc2ccn([C@@H]3O[C@H](CO)[C@@H](OC(C)=O)[C@H]3OC3CCCO3)c(=O)n2)cc1. The van der Waals surface area contributed by atoms with E-state index in [0.717, 1.165) is 11.0 Å². The number of hydrogen-bond acceptors (Lipinski definition) is 10. The number of amides is 1. The number of anilines is 1.